The Morgan fingerprint density at radius 2 is 2.12 bits per heavy atom. The molecule has 3 rings (SSSR count). The minimum atomic E-state index is -0.932. The van der Waals surface area contributed by atoms with Crippen molar-refractivity contribution in [2.45, 2.75) is 25.4 Å². The highest BCUT2D eigenvalue weighted by Crippen LogP contribution is 2.31. The molecule has 0 unspecified atom stereocenters. The van der Waals surface area contributed by atoms with E-state index in [-0.39, 0.29) is 30.8 Å². The summed E-state index contributed by atoms with van der Waals surface area (Å²) < 4.78 is 0. The van der Waals surface area contributed by atoms with Crippen molar-refractivity contribution in [2.24, 2.45) is 0 Å². The molecule has 0 aliphatic carbocycles. The van der Waals surface area contributed by atoms with Crippen molar-refractivity contribution in [3.8, 4) is 6.07 Å². The van der Waals surface area contributed by atoms with Crippen LogP contribution in [0.15, 0.2) is 42.0 Å². The van der Waals surface area contributed by atoms with Gasteiger partial charge in [-0.25, -0.2) is 0 Å². The van der Waals surface area contributed by atoms with Gasteiger partial charge in [0.05, 0.1) is 18.3 Å². The molecular formula is C21H22N2O3. The summed E-state index contributed by atoms with van der Waals surface area (Å²) in [6.07, 6.45) is 2.04. The number of nitriles is 1. The molecule has 5 nitrogen and oxygen atoms in total. The van der Waals surface area contributed by atoms with Gasteiger partial charge in [0.2, 0.25) is 0 Å². The Kier molecular flexibility index (Phi) is 5.67. The van der Waals surface area contributed by atoms with Crippen molar-refractivity contribution in [3.05, 3.63) is 47.5 Å². The first-order valence-corrected chi connectivity index (χ1v) is 8.84. The predicted octanol–water partition coefficient (Wildman–Crippen LogP) is 2.66. The second-order valence-corrected chi connectivity index (χ2v) is 6.57. The highest BCUT2D eigenvalue weighted by atomic mass is 16.3. The molecule has 1 atom stereocenters. The molecule has 134 valence electrons. The molecule has 0 saturated carbocycles. The maximum absolute atomic E-state index is 12.2. The van der Waals surface area contributed by atoms with E-state index in [2.05, 4.69) is 17.0 Å². The fraction of sp³-hybridized carbons (Fsp3) is 0.333. The summed E-state index contributed by atoms with van der Waals surface area (Å²) in [4.78, 5) is 14.5. The molecule has 1 fully saturated rings. The molecule has 1 aliphatic rings. The number of anilines is 1. The Balaban J connectivity index is 1.87. The third kappa shape index (κ3) is 3.93. The van der Waals surface area contributed by atoms with Crippen molar-refractivity contribution in [2.75, 3.05) is 24.6 Å². The minimum absolute atomic E-state index is 0.0354. The van der Waals surface area contributed by atoms with E-state index in [1.54, 1.807) is 6.08 Å². The Hall–Kier alpha value is -2.68. The Labute approximate surface area is 152 Å². The maximum Gasteiger partial charge on any atom is 0.173 e. The summed E-state index contributed by atoms with van der Waals surface area (Å²) in [6.45, 7) is 1.71. The topological polar surface area (TPSA) is 84.6 Å². The number of hydrogen-bond donors (Lipinski definition) is 2. The van der Waals surface area contributed by atoms with Crippen LogP contribution >= 0.6 is 0 Å². The number of carbonyl (C=O) groups is 1. The van der Waals surface area contributed by atoms with Crippen molar-refractivity contribution >= 4 is 28.3 Å². The van der Waals surface area contributed by atoms with E-state index in [0.717, 1.165) is 29.4 Å². The van der Waals surface area contributed by atoms with Crippen LogP contribution in [0.1, 0.15) is 24.8 Å². The van der Waals surface area contributed by atoms with Gasteiger partial charge in [-0.3, -0.25) is 4.79 Å². The van der Waals surface area contributed by atoms with Gasteiger partial charge in [0.1, 0.15) is 6.07 Å². The van der Waals surface area contributed by atoms with Crippen LogP contribution in [0, 0.1) is 11.3 Å². The van der Waals surface area contributed by atoms with Gasteiger partial charge < -0.3 is 15.1 Å². The highest BCUT2D eigenvalue weighted by molar-refractivity contribution is 6.04. The molecule has 2 aromatic rings. The lowest BCUT2D eigenvalue weighted by Crippen LogP contribution is -2.37. The van der Waals surface area contributed by atoms with Gasteiger partial charge in [0.15, 0.2) is 5.78 Å². The molecule has 0 aromatic heterocycles. The van der Waals surface area contributed by atoms with Crippen LogP contribution in [-0.4, -0.2) is 41.8 Å². The number of carbonyl (C=O) groups excluding carboxylic acids is 1. The number of allylic oxidation sites excluding steroid dienone is 1. The van der Waals surface area contributed by atoms with Crippen LogP contribution in [0.2, 0.25) is 0 Å². The van der Waals surface area contributed by atoms with Gasteiger partial charge in [0.25, 0.3) is 0 Å². The number of fused-ring (bicyclic) bond motifs is 1. The smallest absolute Gasteiger partial charge is 0.173 e. The zero-order valence-electron chi connectivity index (χ0n) is 14.6. The molecule has 5 heteroatoms. The summed E-state index contributed by atoms with van der Waals surface area (Å²) >= 11 is 0. The Morgan fingerprint density at radius 1 is 1.31 bits per heavy atom. The van der Waals surface area contributed by atoms with E-state index in [1.165, 1.54) is 12.1 Å². The van der Waals surface area contributed by atoms with Crippen molar-refractivity contribution < 1.29 is 15.0 Å². The molecule has 1 aliphatic heterocycles. The number of ketones is 1. The first kappa shape index (κ1) is 18.1. The summed E-state index contributed by atoms with van der Waals surface area (Å²) in [5.74, 6) is -0.323. The first-order chi connectivity index (χ1) is 12.6. The lowest BCUT2D eigenvalue weighted by molar-refractivity contribution is -0.115. The second-order valence-electron chi connectivity index (χ2n) is 6.57. The average Bonchev–Trinajstić information content (AvgIpc) is 2.62. The normalized spacial score (nSPS) is 15.4. The SMILES string of the molecule is N#C/C(=C\c1ccc2cccc(N3CCC3)c2c1)C(=O)CC[C@H](O)CO. The lowest BCUT2D eigenvalue weighted by atomic mass is 9.99. The lowest BCUT2D eigenvalue weighted by Gasteiger charge is -2.34. The summed E-state index contributed by atoms with van der Waals surface area (Å²) in [5.41, 5.74) is 2.05. The number of rotatable bonds is 7. The number of aliphatic hydroxyl groups excluding tert-OH is 2. The molecule has 0 radical (unpaired) electrons. The largest absolute Gasteiger partial charge is 0.394 e. The van der Waals surface area contributed by atoms with Gasteiger partial charge in [-0.2, -0.15) is 5.26 Å². The van der Waals surface area contributed by atoms with Crippen LogP contribution in [0.3, 0.4) is 0 Å². The monoisotopic (exact) mass is 350 g/mol. The third-order valence-corrected chi connectivity index (χ3v) is 4.73. The van der Waals surface area contributed by atoms with Crippen molar-refractivity contribution in [3.63, 3.8) is 0 Å². The number of hydrogen-bond acceptors (Lipinski definition) is 5. The quantitative estimate of drug-likeness (QED) is 0.592. The Bertz CT molecular complexity index is 878. The maximum atomic E-state index is 12.2. The van der Waals surface area contributed by atoms with Gasteiger partial charge in [-0.15, -0.1) is 0 Å². The molecule has 0 amide bonds. The van der Waals surface area contributed by atoms with E-state index in [0.29, 0.717) is 0 Å². The molecule has 0 bridgehead atoms. The number of Topliss-reactive ketones (excluding diaryl/α,β-unsaturated/α-hetero) is 1. The molecule has 1 saturated heterocycles. The van der Waals surface area contributed by atoms with Gasteiger partial charge in [0, 0.05) is 30.6 Å². The van der Waals surface area contributed by atoms with E-state index < -0.39 is 6.10 Å². The molecule has 0 spiro atoms. The Morgan fingerprint density at radius 3 is 2.77 bits per heavy atom. The van der Waals surface area contributed by atoms with Crippen LogP contribution in [0.4, 0.5) is 5.69 Å². The van der Waals surface area contributed by atoms with Crippen molar-refractivity contribution in [1.29, 1.82) is 5.26 Å². The van der Waals surface area contributed by atoms with Gasteiger partial charge in [-0.05, 0) is 42.0 Å². The minimum Gasteiger partial charge on any atom is -0.394 e. The summed E-state index contributed by atoms with van der Waals surface area (Å²) in [5, 5.41) is 29.8. The number of aliphatic hydroxyl groups is 2. The van der Waals surface area contributed by atoms with Crippen LogP contribution in [0.25, 0.3) is 16.8 Å². The molecule has 1 heterocycles. The summed E-state index contributed by atoms with van der Waals surface area (Å²) in [6, 6.07) is 14.1. The first-order valence-electron chi connectivity index (χ1n) is 8.84. The fourth-order valence-electron chi connectivity index (χ4n) is 3.06. The number of nitrogens with zero attached hydrogens (tertiary/aromatic N) is 2. The number of benzene rings is 2. The van der Waals surface area contributed by atoms with Gasteiger partial charge >= 0.3 is 0 Å². The van der Waals surface area contributed by atoms with Crippen LogP contribution < -0.4 is 4.90 Å². The molecule has 26 heavy (non-hydrogen) atoms. The van der Waals surface area contributed by atoms with Gasteiger partial charge in [-0.1, -0.05) is 24.3 Å². The van der Waals surface area contributed by atoms with Crippen molar-refractivity contribution in [1.82, 2.24) is 0 Å². The average molecular weight is 350 g/mol. The highest BCUT2D eigenvalue weighted by Gasteiger charge is 2.17. The van der Waals surface area contributed by atoms with Crippen LogP contribution in [-0.2, 0) is 4.79 Å². The molecular weight excluding hydrogens is 328 g/mol. The molecule has 2 aromatic carbocycles. The van der Waals surface area contributed by atoms with Crippen LogP contribution in [0.5, 0.6) is 0 Å². The third-order valence-electron chi connectivity index (χ3n) is 4.73. The summed E-state index contributed by atoms with van der Waals surface area (Å²) in [7, 11) is 0. The second kappa shape index (κ2) is 8.13. The van der Waals surface area contributed by atoms with E-state index in [1.807, 2.05) is 30.3 Å². The predicted molar refractivity (Wildman–Crippen MR) is 102 cm³/mol. The fourth-order valence-corrected chi connectivity index (χ4v) is 3.06. The standard InChI is InChI=1S/C21H22N2O3/c22-13-17(21(26)8-7-18(25)14-24)11-15-5-6-16-3-1-4-20(19(16)12-15)23-9-2-10-23/h1,3-6,11-12,18,24-25H,2,7-10,14H2/b17-11+/t18-/m0/s1. The zero-order chi connectivity index (χ0) is 18.5. The molecule has 2 N–H and O–H groups in total. The van der Waals surface area contributed by atoms with E-state index in [4.69, 9.17) is 5.11 Å². The van der Waals surface area contributed by atoms with E-state index in [9.17, 15) is 15.2 Å². The zero-order valence-corrected chi connectivity index (χ0v) is 14.6. The van der Waals surface area contributed by atoms with E-state index >= 15 is 0 Å².